The van der Waals surface area contributed by atoms with Gasteiger partial charge in [0.05, 0.1) is 38.5 Å². The first-order valence-corrected chi connectivity index (χ1v) is 11.2. The first-order chi connectivity index (χ1) is 17.0. The molecule has 0 fully saturated rings. The normalized spacial score (nSPS) is 17.0. The molecule has 0 saturated carbocycles. The number of hydrogen-bond acceptors (Lipinski definition) is 5. The summed E-state index contributed by atoms with van der Waals surface area (Å²) in [6, 6.07) is 17.4. The standard InChI is InChI=1S/C27H27FN2O5/c1-33-15-14-30-25(17-8-10-18(28)11-9-17)24(20-6-4-5-7-21(20)27(30)32)26(31)29-22-13-12-19(34-2)16-23(22)35-3/h4-13,16,24-25H,14-15H2,1-3H3,(H,29,31)/t24-,25-/m1/s1. The first-order valence-electron chi connectivity index (χ1n) is 11.2. The van der Waals surface area contributed by atoms with Gasteiger partial charge in [-0.15, -0.1) is 0 Å². The summed E-state index contributed by atoms with van der Waals surface area (Å²) in [5, 5.41) is 2.96. The Hall–Kier alpha value is -3.91. The van der Waals surface area contributed by atoms with E-state index in [1.54, 1.807) is 73.7 Å². The Kier molecular flexibility index (Phi) is 7.31. The molecule has 3 aromatic rings. The number of rotatable bonds is 8. The summed E-state index contributed by atoms with van der Waals surface area (Å²) >= 11 is 0. The van der Waals surface area contributed by atoms with Gasteiger partial charge < -0.3 is 24.4 Å². The molecule has 0 saturated heterocycles. The van der Waals surface area contributed by atoms with Crippen LogP contribution in [0.5, 0.6) is 11.5 Å². The van der Waals surface area contributed by atoms with E-state index in [-0.39, 0.29) is 25.0 Å². The molecule has 1 heterocycles. The molecule has 3 aromatic carbocycles. The molecule has 0 radical (unpaired) electrons. The van der Waals surface area contributed by atoms with E-state index in [1.807, 2.05) is 0 Å². The smallest absolute Gasteiger partial charge is 0.254 e. The van der Waals surface area contributed by atoms with Crippen LogP contribution < -0.4 is 14.8 Å². The minimum absolute atomic E-state index is 0.210. The van der Waals surface area contributed by atoms with E-state index in [0.717, 1.165) is 0 Å². The lowest BCUT2D eigenvalue weighted by molar-refractivity contribution is -0.119. The fraction of sp³-hybridized carbons (Fsp3) is 0.259. The molecule has 1 aliphatic heterocycles. The highest BCUT2D eigenvalue weighted by Crippen LogP contribution is 2.43. The molecule has 2 atom stereocenters. The molecule has 7 nitrogen and oxygen atoms in total. The molecule has 0 spiro atoms. The second-order valence-electron chi connectivity index (χ2n) is 8.11. The van der Waals surface area contributed by atoms with E-state index >= 15 is 0 Å². The summed E-state index contributed by atoms with van der Waals surface area (Å²) < 4.78 is 29.7. The van der Waals surface area contributed by atoms with Gasteiger partial charge in [0, 0.05) is 25.3 Å². The molecule has 0 aliphatic carbocycles. The summed E-state index contributed by atoms with van der Waals surface area (Å²) in [5.74, 6) is -0.680. The van der Waals surface area contributed by atoms with E-state index in [9.17, 15) is 14.0 Å². The zero-order valence-corrected chi connectivity index (χ0v) is 19.8. The van der Waals surface area contributed by atoms with Crippen molar-refractivity contribution in [3.8, 4) is 11.5 Å². The molecule has 1 aliphatic rings. The van der Waals surface area contributed by atoms with Crippen molar-refractivity contribution in [2.75, 3.05) is 39.8 Å². The van der Waals surface area contributed by atoms with Crippen molar-refractivity contribution in [1.29, 1.82) is 0 Å². The number of halogens is 1. The van der Waals surface area contributed by atoms with Gasteiger partial charge in [0.25, 0.3) is 5.91 Å². The number of carbonyl (C=O) groups excluding carboxylic acids is 2. The van der Waals surface area contributed by atoms with Crippen molar-refractivity contribution in [3.63, 3.8) is 0 Å². The van der Waals surface area contributed by atoms with E-state index in [2.05, 4.69) is 5.32 Å². The lowest BCUT2D eigenvalue weighted by Crippen LogP contribution is -2.47. The second kappa shape index (κ2) is 10.6. The fourth-order valence-corrected chi connectivity index (χ4v) is 4.45. The lowest BCUT2D eigenvalue weighted by Gasteiger charge is -2.41. The lowest BCUT2D eigenvalue weighted by atomic mass is 9.79. The Balaban J connectivity index is 1.82. The third kappa shape index (κ3) is 4.83. The van der Waals surface area contributed by atoms with Gasteiger partial charge in [0.1, 0.15) is 17.3 Å². The van der Waals surface area contributed by atoms with Gasteiger partial charge >= 0.3 is 0 Å². The molecule has 0 aromatic heterocycles. The maximum atomic E-state index is 13.9. The van der Waals surface area contributed by atoms with Crippen LogP contribution in [0.1, 0.15) is 33.4 Å². The van der Waals surface area contributed by atoms with Crippen LogP contribution in [-0.2, 0) is 9.53 Å². The van der Waals surface area contributed by atoms with Gasteiger partial charge in [-0.3, -0.25) is 9.59 Å². The van der Waals surface area contributed by atoms with Crippen molar-refractivity contribution < 1.29 is 28.2 Å². The Morgan fingerprint density at radius 3 is 2.43 bits per heavy atom. The third-order valence-electron chi connectivity index (χ3n) is 6.14. The number of ether oxygens (including phenoxy) is 3. The molecular weight excluding hydrogens is 451 g/mol. The summed E-state index contributed by atoms with van der Waals surface area (Å²) in [7, 11) is 4.60. The van der Waals surface area contributed by atoms with Crippen LogP contribution in [0.3, 0.4) is 0 Å². The van der Waals surface area contributed by atoms with Crippen LogP contribution in [0.2, 0.25) is 0 Å². The second-order valence-corrected chi connectivity index (χ2v) is 8.11. The van der Waals surface area contributed by atoms with Crippen LogP contribution >= 0.6 is 0 Å². The number of nitrogens with one attached hydrogen (secondary N) is 1. The number of amides is 2. The van der Waals surface area contributed by atoms with Gasteiger partial charge in [-0.05, 0) is 41.5 Å². The molecular formula is C27H27FN2O5. The number of hydrogen-bond donors (Lipinski definition) is 1. The largest absolute Gasteiger partial charge is 0.497 e. The van der Waals surface area contributed by atoms with Gasteiger partial charge in [-0.25, -0.2) is 4.39 Å². The Morgan fingerprint density at radius 2 is 1.74 bits per heavy atom. The highest BCUT2D eigenvalue weighted by molar-refractivity contribution is 6.04. The van der Waals surface area contributed by atoms with Crippen LogP contribution in [-0.4, -0.2) is 51.2 Å². The molecule has 1 N–H and O–H groups in total. The summed E-state index contributed by atoms with van der Waals surface area (Å²) in [6.07, 6.45) is 0. The average molecular weight is 479 g/mol. The van der Waals surface area contributed by atoms with Crippen molar-refractivity contribution in [2.45, 2.75) is 12.0 Å². The Bertz CT molecular complexity index is 1210. The van der Waals surface area contributed by atoms with Crippen LogP contribution in [0.4, 0.5) is 10.1 Å². The van der Waals surface area contributed by atoms with Crippen LogP contribution in [0.15, 0.2) is 66.7 Å². The molecule has 2 amide bonds. The van der Waals surface area contributed by atoms with Crippen molar-refractivity contribution in [2.24, 2.45) is 0 Å². The van der Waals surface area contributed by atoms with Gasteiger partial charge in [-0.2, -0.15) is 0 Å². The van der Waals surface area contributed by atoms with Gasteiger partial charge in [0.2, 0.25) is 5.91 Å². The SMILES string of the molecule is COCCN1C(=O)c2ccccc2[C@@H](C(=O)Nc2ccc(OC)cc2OC)[C@H]1c1ccc(F)cc1. The summed E-state index contributed by atoms with van der Waals surface area (Å²) in [5.41, 5.74) is 2.16. The zero-order valence-electron chi connectivity index (χ0n) is 19.8. The van der Waals surface area contributed by atoms with E-state index < -0.39 is 17.8 Å². The topological polar surface area (TPSA) is 77.1 Å². The number of fused-ring (bicyclic) bond motifs is 1. The average Bonchev–Trinajstić information content (AvgIpc) is 2.88. The maximum Gasteiger partial charge on any atom is 0.254 e. The minimum Gasteiger partial charge on any atom is -0.497 e. The first kappa shape index (κ1) is 24.2. The molecule has 0 bridgehead atoms. The third-order valence-corrected chi connectivity index (χ3v) is 6.14. The van der Waals surface area contributed by atoms with Gasteiger partial charge in [-0.1, -0.05) is 30.3 Å². The predicted molar refractivity (Wildman–Crippen MR) is 129 cm³/mol. The number of nitrogens with zero attached hydrogens (tertiary/aromatic N) is 1. The molecule has 0 unspecified atom stereocenters. The van der Waals surface area contributed by atoms with Crippen molar-refractivity contribution in [1.82, 2.24) is 4.90 Å². The molecule has 182 valence electrons. The van der Waals surface area contributed by atoms with Crippen LogP contribution in [0.25, 0.3) is 0 Å². The minimum atomic E-state index is -0.766. The van der Waals surface area contributed by atoms with E-state index in [0.29, 0.717) is 33.9 Å². The van der Waals surface area contributed by atoms with E-state index in [4.69, 9.17) is 14.2 Å². The molecule has 35 heavy (non-hydrogen) atoms. The van der Waals surface area contributed by atoms with Crippen LogP contribution in [0, 0.1) is 5.82 Å². The quantitative estimate of drug-likeness (QED) is 0.519. The maximum absolute atomic E-state index is 13.9. The van der Waals surface area contributed by atoms with E-state index in [1.165, 1.54) is 19.2 Å². The highest BCUT2D eigenvalue weighted by atomic mass is 19.1. The Morgan fingerprint density at radius 1 is 1.00 bits per heavy atom. The number of anilines is 1. The highest BCUT2D eigenvalue weighted by Gasteiger charge is 2.44. The molecule has 4 rings (SSSR count). The number of methoxy groups -OCH3 is 3. The number of benzene rings is 3. The monoisotopic (exact) mass is 478 g/mol. The number of carbonyl (C=O) groups is 2. The fourth-order valence-electron chi connectivity index (χ4n) is 4.45. The predicted octanol–water partition coefficient (Wildman–Crippen LogP) is 4.41. The molecule has 8 heteroatoms. The van der Waals surface area contributed by atoms with Gasteiger partial charge in [0.15, 0.2) is 0 Å². The van der Waals surface area contributed by atoms with Crippen molar-refractivity contribution in [3.05, 3.63) is 89.2 Å². The Labute approximate surface area is 203 Å². The summed E-state index contributed by atoms with van der Waals surface area (Å²) in [6.45, 7) is 0.549. The summed E-state index contributed by atoms with van der Waals surface area (Å²) in [4.78, 5) is 29.0. The van der Waals surface area contributed by atoms with Crippen molar-refractivity contribution >= 4 is 17.5 Å². The zero-order chi connectivity index (χ0) is 24.9.